The standard InChI is InChI=1S/C17H22BrNO4/c1-5-10-22-13(3)17(21)23-12(2)16(20)19(4)11-14-6-8-15(18)9-7-14/h5-9,12-13H,1,10-11H2,2-4H3. The second-order valence-corrected chi connectivity index (χ2v) is 6.08. The number of ether oxygens (including phenoxy) is 2. The number of rotatable bonds is 8. The summed E-state index contributed by atoms with van der Waals surface area (Å²) in [6.07, 6.45) is -0.0533. The fraction of sp³-hybridized carbons (Fsp3) is 0.412. The van der Waals surface area contributed by atoms with Crippen LogP contribution in [0, 0.1) is 0 Å². The van der Waals surface area contributed by atoms with E-state index in [2.05, 4.69) is 22.5 Å². The highest BCUT2D eigenvalue weighted by Gasteiger charge is 2.24. The maximum atomic E-state index is 12.3. The molecule has 0 aliphatic rings. The Bertz CT molecular complexity index is 544. The van der Waals surface area contributed by atoms with Crippen molar-refractivity contribution in [2.45, 2.75) is 32.6 Å². The summed E-state index contributed by atoms with van der Waals surface area (Å²) in [7, 11) is 1.67. The predicted molar refractivity (Wildman–Crippen MR) is 91.8 cm³/mol. The Morgan fingerprint density at radius 2 is 1.87 bits per heavy atom. The fourth-order valence-corrected chi connectivity index (χ4v) is 2.12. The molecular weight excluding hydrogens is 362 g/mol. The van der Waals surface area contributed by atoms with E-state index >= 15 is 0 Å². The summed E-state index contributed by atoms with van der Waals surface area (Å²) in [6.45, 7) is 7.33. The van der Waals surface area contributed by atoms with Gasteiger partial charge in [-0.15, -0.1) is 6.58 Å². The largest absolute Gasteiger partial charge is 0.451 e. The molecule has 1 amide bonds. The molecule has 0 saturated heterocycles. The second-order valence-electron chi connectivity index (χ2n) is 5.16. The minimum atomic E-state index is -0.863. The third kappa shape index (κ3) is 6.54. The van der Waals surface area contributed by atoms with Crippen molar-refractivity contribution in [1.29, 1.82) is 0 Å². The molecule has 5 nitrogen and oxygen atoms in total. The number of carbonyl (C=O) groups is 2. The SMILES string of the molecule is C=CCOC(C)C(=O)OC(C)C(=O)N(C)Cc1ccc(Br)cc1. The second kappa shape index (κ2) is 9.47. The lowest BCUT2D eigenvalue weighted by Gasteiger charge is -2.22. The fourth-order valence-electron chi connectivity index (χ4n) is 1.85. The summed E-state index contributed by atoms with van der Waals surface area (Å²) in [5.74, 6) is -0.832. The average Bonchev–Trinajstić information content (AvgIpc) is 2.53. The van der Waals surface area contributed by atoms with Crippen molar-refractivity contribution < 1.29 is 19.1 Å². The number of benzene rings is 1. The smallest absolute Gasteiger partial charge is 0.335 e. The maximum absolute atomic E-state index is 12.3. The Morgan fingerprint density at radius 1 is 1.26 bits per heavy atom. The van der Waals surface area contributed by atoms with Crippen molar-refractivity contribution in [3.63, 3.8) is 0 Å². The molecule has 6 heteroatoms. The van der Waals surface area contributed by atoms with E-state index in [0.29, 0.717) is 6.54 Å². The van der Waals surface area contributed by atoms with Crippen LogP contribution in [0.15, 0.2) is 41.4 Å². The number of esters is 1. The Kier molecular flexibility index (Phi) is 7.98. The molecule has 23 heavy (non-hydrogen) atoms. The van der Waals surface area contributed by atoms with Gasteiger partial charge in [0, 0.05) is 18.1 Å². The number of nitrogens with zero attached hydrogens (tertiary/aromatic N) is 1. The lowest BCUT2D eigenvalue weighted by molar-refractivity contribution is -0.167. The van der Waals surface area contributed by atoms with Crippen LogP contribution >= 0.6 is 15.9 Å². The third-order valence-corrected chi connectivity index (χ3v) is 3.67. The van der Waals surface area contributed by atoms with Crippen LogP contribution < -0.4 is 0 Å². The molecule has 0 spiro atoms. The molecule has 0 bridgehead atoms. The van der Waals surface area contributed by atoms with Gasteiger partial charge in [-0.1, -0.05) is 34.1 Å². The summed E-state index contributed by atoms with van der Waals surface area (Å²) < 4.78 is 11.3. The minimum absolute atomic E-state index is 0.252. The van der Waals surface area contributed by atoms with Crippen LogP contribution in [-0.2, 0) is 25.6 Å². The Labute approximate surface area is 145 Å². The van der Waals surface area contributed by atoms with Crippen LogP contribution in [0.25, 0.3) is 0 Å². The normalized spacial score (nSPS) is 13.0. The summed E-state index contributed by atoms with van der Waals surface area (Å²) in [4.78, 5) is 25.6. The van der Waals surface area contributed by atoms with Crippen molar-refractivity contribution >= 4 is 27.8 Å². The highest BCUT2D eigenvalue weighted by molar-refractivity contribution is 9.10. The lowest BCUT2D eigenvalue weighted by atomic mass is 10.2. The predicted octanol–water partition coefficient (Wildman–Crippen LogP) is 2.93. The zero-order valence-corrected chi connectivity index (χ0v) is 15.2. The zero-order valence-electron chi connectivity index (χ0n) is 13.6. The number of likely N-dealkylation sites (N-methyl/N-ethyl adjacent to an activating group) is 1. The highest BCUT2D eigenvalue weighted by Crippen LogP contribution is 2.12. The highest BCUT2D eigenvalue weighted by atomic mass is 79.9. The maximum Gasteiger partial charge on any atom is 0.335 e. The first-order valence-electron chi connectivity index (χ1n) is 7.27. The van der Waals surface area contributed by atoms with E-state index in [1.807, 2.05) is 24.3 Å². The average molecular weight is 384 g/mol. The number of amides is 1. The lowest BCUT2D eigenvalue weighted by Crippen LogP contribution is -2.39. The molecular formula is C17H22BrNO4. The van der Waals surface area contributed by atoms with Gasteiger partial charge >= 0.3 is 5.97 Å². The molecule has 0 heterocycles. The van der Waals surface area contributed by atoms with Gasteiger partial charge < -0.3 is 14.4 Å². The van der Waals surface area contributed by atoms with Crippen molar-refractivity contribution in [1.82, 2.24) is 4.90 Å². The Morgan fingerprint density at radius 3 is 2.43 bits per heavy atom. The molecule has 1 aromatic rings. The van der Waals surface area contributed by atoms with Crippen molar-refractivity contribution in [2.75, 3.05) is 13.7 Å². The van der Waals surface area contributed by atoms with Crippen molar-refractivity contribution in [3.05, 3.63) is 47.0 Å². The van der Waals surface area contributed by atoms with Crippen LogP contribution in [0.5, 0.6) is 0 Å². The quantitative estimate of drug-likeness (QED) is 0.511. The summed E-state index contributed by atoms with van der Waals surface area (Å²) in [5.41, 5.74) is 0.991. The zero-order chi connectivity index (χ0) is 17.4. The number of halogens is 1. The molecule has 126 valence electrons. The first-order valence-corrected chi connectivity index (χ1v) is 8.06. The van der Waals surface area contributed by atoms with E-state index in [-0.39, 0.29) is 12.5 Å². The molecule has 0 aliphatic heterocycles. The van der Waals surface area contributed by atoms with Gasteiger partial charge in [0.25, 0.3) is 5.91 Å². The van der Waals surface area contributed by atoms with E-state index in [1.165, 1.54) is 4.90 Å². The minimum Gasteiger partial charge on any atom is -0.451 e. The van der Waals surface area contributed by atoms with Gasteiger partial charge in [-0.2, -0.15) is 0 Å². The van der Waals surface area contributed by atoms with Crippen LogP contribution in [0.1, 0.15) is 19.4 Å². The van der Waals surface area contributed by atoms with Crippen molar-refractivity contribution in [3.8, 4) is 0 Å². The summed E-state index contributed by atoms with van der Waals surface area (Å²) >= 11 is 3.37. The van der Waals surface area contributed by atoms with Gasteiger partial charge in [0.05, 0.1) is 6.61 Å². The Balaban J connectivity index is 2.52. The molecule has 0 N–H and O–H groups in total. The number of hydrogen-bond donors (Lipinski definition) is 0. The first-order chi connectivity index (χ1) is 10.8. The molecule has 0 aromatic heterocycles. The van der Waals surface area contributed by atoms with Crippen LogP contribution in [0.4, 0.5) is 0 Å². The van der Waals surface area contributed by atoms with E-state index in [9.17, 15) is 9.59 Å². The molecule has 0 fully saturated rings. The molecule has 1 aromatic carbocycles. The van der Waals surface area contributed by atoms with Crippen LogP contribution in [0.2, 0.25) is 0 Å². The topological polar surface area (TPSA) is 55.8 Å². The van der Waals surface area contributed by atoms with Gasteiger partial charge in [-0.25, -0.2) is 4.79 Å². The molecule has 2 unspecified atom stereocenters. The van der Waals surface area contributed by atoms with Gasteiger partial charge in [0.2, 0.25) is 0 Å². The van der Waals surface area contributed by atoms with Crippen LogP contribution in [0.3, 0.4) is 0 Å². The van der Waals surface area contributed by atoms with E-state index in [1.54, 1.807) is 27.0 Å². The summed E-state index contributed by atoms with van der Waals surface area (Å²) in [5, 5.41) is 0. The summed E-state index contributed by atoms with van der Waals surface area (Å²) in [6, 6.07) is 7.68. The molecule has 0 radical (unpaired) electrons. The molecule has 0 aliphatic carbocycles. The van der Waals surface area contributed by atoms with E-state index in [0.717, 1.165) is 10.0 Å². The molecule has 2 atom stereocenters. The van der Waals surface area contributed by atoms with Crippen molar-refractivity contribution in [2.24, 2.45) is 0 Å². The van der Waals surface area contributed by atoms with E-state index < -0.39 is 18.2 Å². The monoisotopic (exact) mass is 383 g/mol. The van der Waals surface area contributed by atoms with Gasteiger partial charge in [-0.3, -0.25) is 4.79 Å². The number of carbonyl (C=O) groups excluding carboxylic acids is 2. The van der Waals surface area contributed by atoms with E-state index in [4.69, 9.17) is 9.47 Å². The van der Waals surface area contributed by atoms with Crippen LogP contribution in [-0.4, -0.2) is 42.6 Å². The van der Waals surface area contributed by atoms with Gasteiger partial charge in [-0.05, 0) is 31.5 Å². The molecule has 0 saturated carbocycles. The third-order valence-electron chi connectivity index (χ3n) is 3.15. The first kappa shape index (κ1) is 19.4. The molecule has 1 rings (SSSR count). The Hall–Kier alpha value is -1.66. The van der Waals surface area contributed by atoms with Gasteiger partial charge in [0.1, 0.15) is 0 Å². The van der Waals surface area contributed by atoms with Gasteiger partial charge in [0.15, 0.2) is 12.2 Å². The number of hydrogen-bond acceptors (Lipinski definition) is 4.